The van der Waals surface area contributed by atoms with Crippen molar-refractivity contribution < 1.29 is 90.0 Å². The minimum absolute atomic E-state index is 0.0397. The maximum atomic E-state index is 14.7. The van der Waals surface area contributed by atoms with Crippen LogP contribution < -0.4 is 74.7 Å². The molecule has 0 saturated carbocycles. The van der Waals surface area contributed by atoms with Crippen molar-refractivity contribution in [3.05, 3.63) is 185 Å². The fourth-order valence-corrected chi connectivity index (χ4v) is 15.3. The van der Waals surface area contributed by atoms with Gasteiger partial charge in [-0.05, 0) is 159 Å². The normalized spacial score (nSPS) is 15.1. The lowest BCUT2D eigenvalue weighted by Gasteiger charge is -2.31. The molecule has 0 unspecified atom stereocenters. The van der Waals surface area contributed by atoms with Gasteiger partial charge >= 0.3 is 0 Å². The Morgan fingerprint density at radius 1 is 0.718 bits per heavy atom. The van der Waals surface area contributed by atoms with Gasteiger partial charge in [-0.1, -0.05) is 81.8 Å². The Labute approximate surface area is 761 Å². The Morgan fingerprint density at radius 2 is 1.37 bits per heavy atom. The number of aliphatic hydroxyl groups is 1. The highest BCUT2D eigenvalue weighted by Gasteiger charge is 2.40. The molecule has 10 amide bonds. The van der Waals surface area contributed by atoms with Gasteiger partial charge in [0.15, 0.2) is 5.96 Å². The van der Waals surface area contributed by atoms with E-state index in [-0.39, 0.29) is 124 Å². The van der Waals surface area contributed by atoms with Crippen LogP contribution in [-0.2, 0) is 95.0 Å². The van der Waals surface area contributed by atoms with Gasteiger partial charge in [-0.3, -0.25) is 57.7 Å². The topological polar surface area (TPSA) is 575 Å². The second-order valence-electron chi connectivity index (χ2n) is 32.5. The van der Waals surface area contributed by atoms with Gasteiger partial charge in [0.25, 0.3) is 5.97 Å². The first kappa shape index (κ1) is 101. The van der Waals surface area contributed by atoms with E-state index in [4.69, 9.17) is 42.1 Å². The molecule has 2 aliphatic rings. The molecule has 2 aliphatic heterocycles. The zero-order valence-electron chi connectivity index (χ0n) is 73.7. The second-order valence-corrected chi connectivity index (χ2v) is 35.2. The molecule has 41 heteroatoms. The van der Waals surface area contributed by atoms with Crippen LogP contribution in [0.15, 0.2) is 156 Å². The van der Waals surface area contributed by atoms with E-state index in [2.05, 4.69) is 88.4 Å². The molecule has 6 heterocycles. The fraction of sp³-hybridized carbons (Fsp3) is 0.411. The number of nitrogens with two attached hydrogens (primary N) is 2. The van der Waals surface area contributed by atoms with Gasteiger partial charge in [0.05, 0.1) is 35.8 Å². The number of aliphatic hydroxyl groups excluding tert-OH is 1. The monoisotopic (exact) mass is 1850 g/mol. The molecular weight excluding hydrogens is 1740 g/mol. The van der Waals surface area contributed by atoms with Crippen LogP contribution in [0.1, 0.15) is 121 Å². The van der Waals surface area contributed by atoms with E-state index >= 15 is 0 Å². The van der Waals surface area contributed by atoms with Gasteiger partial charge in [-0.25, -0.2) is 27.8 Å². The lowest BCUT2D eigenvalue weighted by molar-refractivity contribution is -0.142. The maximum Gasteiger partial charge on any atom is 0.300 e. The molecule has 0 bridgehead atoms. The number of furan rings is 1. The number of carboxylic acids is 1. The molecule has 9 aromatic rings. The summed E-state index contributed by atoms with van der Waals surface area (Å²) in [5.74, 6) is -6.21. The number of benzene rings is 5. The zero-order valence-corrected chi connectivity index (χ0v) is 75.2. The number of aromatic hydroxyl groups is 1. The van der Waals surface area contributed by atoms with E-state index in [9.17, 15) is 71.0 Å². The summed E-state index contributed by atoms with van der Waals surface area (Å²) in [4.78, 5) is 173. The number of likely N-dealkylation sites (N-methyl/N-ethyl adjacent to an activating group) is 1. The molecule has 702 valence electrons. The van der Waals surface area contributed by atoms with E-state index in [0.29, 0.717) is 94.0 Å². The number of guanidine groups is 1. The number of aromatic nitrogens is 5. The number of aromatic amines is 2. The van der Waals surface area contributed by atoms with Crippen LogP contribution in [0.2, 0.25) is 5.02 Å². The summed E-state index contributed by atoms with van der Waals surface area (Å²) in [5, 5.41) is 60.9. The molecule has 38 nitrogen and oxygen atoms in total. The number of phenolic OH excluding ortho intramolecular Hbond substituents is 1. The summed E-state index contributed by atoms with van der Waals surface area (Å²) >= 11 is 6.47. The smallest absolute Gasteiger partial charge is 0.300 e. The number of anilines is 2. The molecule has 20 N–H and O–H groups in total. The Bertz CT molecular complexity index is 5580. The first-order valence-electron chi connectivity index (χ1n) is 42.8. The molecule has 4 aromatic heterocycles. The predicted molar refractivity (Wildman–Crippen MR) is 488 cm³/mol. The number of fused-ring (bicyclic) bond motifs is 2. The number of nitrogens with one attached hydrogen (secondary N) is 13. The maximum absolute atomic E-state index is 14.7. The first-order chi connectivity index (χ1) is 62.5. The largest absolute Gasteiger partial charge is 0.508 e. The molecular formula is C90H114ClFN20O18S. The van der Waals surface area contributed by atoms with Crippen LogP contribution in [-0.4, -0.2) is 224 Å². The van der Waals surface area contributed by atoms with Crippen molar-refractivity contribution in [1.82, 2.24) is 83.0 Å². The average Bonchev–Trinajstić information content (AvgIpc) is 1.81. The number of sulfone groups is 1. The van der Waals surface area contributed by atoms with Gasteiger partial charge in [0.2, 0.25) is 59.1 Å². The Kier molecular flexibility index (Phi) is 38.0. The molecule has 131 heavy (non-hydrogen) atoms. The molecule has 0 radical (unpaired) electrons. The van der Waals surface area contributed by atoms with Gasteiger partial charge in [-0.15, -0.1) is 0 Å². The van der Waals surface area contributed by atoms with Crippen molar-refractivity contribution in [2.24, 2.45) is 28.3 Å². The summed E-state index contributed by atoms with van der Waals surface area (Å²) in [5.41, 5.74) is 16.3. The minimum Gasteiger partial charge on any atom is -0.508 e. The number of carbonyl (C=O) groups is 11. The van der Waals surface area contributed by atoms with E-state index in [1.165, 1.54) is 66.4 Å². The number of carbonyl (C=O) groups excluding carboxylic acids is 10. The molecule has 0 aliphatic carbocycles. The number of phenols is 1. The summed E-state index contributed by atoms with van der Waals surface area (Å²) in [7, 11) is -3.02. The summed E-state index contributed by atoms with van der Waals surface area (Å²) < 4.78 is 47.8. The highest BCUT2D eigenvalue weighted by molar-refractivity contribution is 7.90. The van der Waals surface area contributed by atoms with Gasteiger partial charge in [-0.2, -0.15) is 0 Å². The average molecular weight is 1850 g/mol. The molecule has 11 rings (SSSR count). The van der Waals surface area contributed by atoms with Gasteiger partial charge in [0, 0.05) is 111 Å². The number of aliphatic carboxylic acids is 1. The summed E-state index contributed by atoms with van der Waals surface area (Å²) in [6.45, 7) is 10.9. The number of halogens is 2. The van der Waals surface area contributed by atoms with Crippen molar-refractivity contribution in [3.63, 3.8) is 0 Å². The van der Waals surface area contributed by atoms with E-state index in [1.54, 1.807) is 69.4 Å². The van der Waals surface area contributed by atoms with Crippen LogP contribution in [0.25, 0.3) is 33.1 Å². The third-order valence-electron chi connectivity index (χ3n) is 20.9. The first-order valence-corrected chi connectivity index (χ1v) is 45.3. The Balaban J connectivity index is 0.000000361. The zero-order chi connectivity index (χ0) is 95.0. The number of aliphatic imine (C=N–C) groups is 1. The molecule has 0 spiro atoms. The Morgan fingerprint density at radius 3 is 1.99 bits per heavy atom. The second kappa shape index (κ2) is 49.3. The number of nitrogens with zero attached hydrogens (tertiary/aromatic N) is 5. The molecule has 9 atom stereocenters. The highest BCUT2D eigenvalue weighted by Crippen LogP contribution is 2.34. The molecule has 2 fully saturated rings. The Hall–Kier alpha value is -13.6. The van der Waals surface area contributed by atoms with Crippen LogP contribution in [0.4, 0.5) is 15.9 Å². The third-order valence-corrected chi connectivity index (χ3v) is 22.2. The lowest BCUT2D eigenvalue weighted by Crippen LogP contribution is -2.61. The highest BCUT2D eigenvalue weighted by atomic mass is 35.5. The number of ether oxygens (including phenoxy) is 1. The lowest BCUT2D eigenvalue weighted by atomic mass is 9.98. The van der Waals surface area contributed by atoms with Crippen LogP contribution in [0, 0.1) is 17.7 Å². The number of hydrogen-bond donors (Lipinski definition) is 18. The van der Waals surface area contributed by atoms with Crippen molar-refractivity contribution in [1.29, 1.82) is 0 Å². The number of rotatable bonds is 43. The minimum atomic E-state index is -3.02. The van der Waals surface area contributed by atoms with Crippen LogP contribution in [0.5, 0.6) is 11.5 Å². The predicted octanol–water partition coefficient (Wildman–Crippen LogP) is 4.79. The standard InChI is InChI=1S/C59H84N16O12.C29H26ClFN4O4S.C2H4O2/c1-6-63-57(86)48-14-10-22-75(48)58(87)41(13-9-21-64-59(60)61)68-51(80)42(23-32(2)3)69-52(81)43(24-33(4)5)70-53(82)44(25-34-15-17-37(77)18-16-34)71-56(85)47(30-76)74-54(83)45(26-35-28-65-39-12-8-7-11-38(35)39)72-55(84)46(27-36-29-62-31-66-36)73-50(79)40-19-20-49(78)67-40;1-40(36,37)12-11-32-16-23-7-10-27(39-23)20-5-8-26-24(14-20)29(34-18-33-26)35-22-6-9-28(25(30)15-22)38-17-19-3-2-4-21(31)13-19;1-2(3)4/h7-8,11-12,15-18,28-29,31-33,40-48,65,76-77H,6,9-10,13-14,19-27,30H2,1-5H3,(H,62,66)(H,63,86)(H,67,78)(H,68,80)(H,69,81)(H,70,82)(H,71,85)(H,72,84)(H,73,79)(H,74,83)(H4,60,61,64);2-10,13-15,18,32H,11-12,16-17H2,1H3,(H,33,34,35);1H3,(H,3,4)/t40-,41-,42-,43+,44-,45-,46-,47-,48-;;/m0../s1. The number of imidazole rings is 1. The third kappa shape index (κ3) is 31.9. The summed E-state index contributed by atoms with van der Waals surface area (Å²) in [6, 6.07) is 22.6. The number of carboxylic acid groups (broad SMARTS) is 1. The molecule has 2 saturated heterocycles. The van der Waals surface area contributed by atoms with Crippen molar-refractivity contribution in [2.75, 3.05) is 50.1 Å². The van der Waals surface area contributed by atoms with E-state index in [1.807, 2.05) is 56.3 Å². The van der Waals surface area contributed by atoms with Crippen molar-refractivity contribution >= 4 is 126 Å². The van der Waals surface area contributed by atoms with Crippen LogP contribution >= 0.6 is 11.6 Å². The van der Waals surface area contributed by atoms with Gasteiger partial charge in [0.1, 0.15) is 112 Å². The van der Waals surface area contributed by atoms with Gasteiger partial charge < -0.3 is 109 Å². The van der Waals surface area contributed by atoms with E-state index in [0.717, 1.165) is 28.9 Å². The number of H-pyrrole nitrogens is 2. The number of para-hydroxylation sites is 1. The quantitative estimate of drug-likeness (QED) is 0.0139. The van der Waals surface area contributed by atoms with E-state index < -0.39 is 124 Å². The number of hydrogen-bond acceptors (Lipinski definition) is 23. The summed E-state index contributed by atoms with van der Waals surface area (Å²) in [6.07, 6.45) is 8.50. The number of likely N-dealkylation sites (tertiary alicyclic amines) is 1. The van der Waals surface area contributed by atoms with Crippen molar-refractivity contribution in [2.45, 2.75) is 180 Å². The molecule has 5 aromatic carbocycles. The van der Waals surface area contributed by atoms with Crippen molar-refractivity contribution in [3.8, 4) is 22.8 Å². The SMILES string of the molecule is CC(=O)O.CCNC(=O)[C@@H]1CCCN1C(=O)[C@H](CCCN=C(N)N)NC(=O)[C@H](CC(C)C)NC(=O)[C@@H](CC(C)C)NC(=O)[C@H](Cc1ccc(O)cc1)NC(=O)[C@H](CO)NC(=O)[C@H](Cc1c[nH]c2ccccc12)NC(=O)[C@H](Cc1cnc[nH]1)NC(=O)[C@@H]1CCC(=O)N1.CS(=O)(=O)CCNCc1ccc(-c2ccc3ncnc(Nc4ccc(OCc5cccc(F)c5)c(Cl)c4)c3c2)o1. The van der Waals surface area contributed by atoms with Crippen LogP contribution in [0.3, 0.4) is 0 Å². The fourth-order valence-electron chi connectivity index (χ4n) is 14.5. The number of amides is 10.